The number of pyridine rings is 1. The smallest absolute Gasteiger partial charge is 0.406 e. The van der Waals surface area contributed by atoms with Crippen molar-refractivity contribution in [1.82, 2.24) is 4.98 Å². The lowest BCUT2D eigenvalue weighted by molar-refractivity contribution is -0.390. The number of hydrogen-bond acceptors (Lipinski definition) is 5. The second-order valence-corrected chi connectivity index (χ2v) is 4.41. The number of aromatic nitrogens is 1. The Morgan fingerprint density at radius 3 is 2.94 bits per heavy atom. The highest BCUT2D eigenvalue weighted by atomic mass is 16.6. The third-order valence-electron chi connectivity index (χ3n) is 2.88. The Morgan fingerprint density at radius 2 is 2.28 bits per heavy atom. The van der Waals surface area contributed by atoms with Gasteiger partial charge in [0.05, 0.1) is 0 Å². The second-order valence-electron chi connectivity index (χ2n) is 4.41. The van der Waals surface area contributed by atoms with Crippen LogP contribution in [0, 0.1) is 17.0 Å². The lowest BCUT2D eigenvalue weighted by Crippen LogP contribution is -2.25. The van der Waals surface area contributed by atoms with Crippen LogP contribution in [0.2, 0.25) is 0 Å². The van der Waals surface area contributed by atoms with Gasteiger partial charge in [0.15, 0.2) is 0 Å². The van der Waals surface area contributed by atoms with Crippen LogP contribution in [0.25, 0.3) is 0 Å². The van der Waals surface area contributed by atoms with Crippen molar-refractivity contribution in [2.75, 3.05) is 0 Å². The maximum Gasteiger partial charge on any atom is 0.406 e. The molecular formula is C12H14N2O4. The highest BCUT2D eigenvalue weighted by molar-refractivity contribution is 5.79. The quantitative estimate of drug-likeness (QED) is 0.606. The number of carbonyl (C=O) groups is 1. The number of ether oxygens (including phenoxy) is 1. The Hall–Kier alpha value is -1.98. The van der Waals surface area contributed by atoms with Gasteiger partial charge >= 0.3 is 5.82 Å². The van der Waals surface area contributed by atoms with E-state index in [0.717, 1.165) is 12.8 Å². The Bertz CT molecular complexity index is 487. The zero-order valence-electron chi connectivity index (χ0n) is 10.1. The van der Waals surface area contributed by atoms with Gasteiger partial charge in [-0.2, -0.15) is 0 Å². The average molecular weight is 250 g/mol. The summed E-state index contributed by atoms with van der Waals surface area (Å²) in [5.41, 5.74) is 0.564. The molecule has 0 N–H and O–H groups in total. The first-order valence-corrected chi connectivity index (χ1v) is 5.86. The molecule has 0 bridgehead atoms. The van der Waals surface area contributed by atoms with Gasteiger partial charge < -0.3 is 14.9 Å². The average Bonchev–Trinajstić information content (AvgIpc) is 2.31. The highest BCUT2D eigenvalue weighted by Crippen LogP contribution is 2.28. The van der Waals surface area contributed by atoms with Crippen molar-refractivity contribution < 1.29 is 14.5 Å². The number of ketones is 1. The molecule has 0 aromatic carbocycles. The van der Waals surface area contributed by atoms with Crippen molar-refractivity contribution >= 4 is 11.6 Å². The summed E-state index contributed by atoms with van der Waals surface area (Å²) in [4.78, 5) is 25.5. The van der Waals surface area contributed by atoms with Gasteiger partial charge in [0, 0.05) is 19.8 Å². The van der Waals surface area contributed by atoms with Crippen LogP contribution in [-0.2, 0) is 4.79 Å². The minimum absolute atomic E-state index is 0.144. The molecule has 0 aliphatic heterocycles. The van der Waals surface area contributed by atoms with Gasteiger partial charge in [-0.25, -0.2) is 0 Å². The minimum Gasteiger partial charge on any atom is -0.482 e. The van der Waals surface area contributed by atoms with Crippen molar-refractivity contribution in [3.63, 3.8) is 0 Å². The van der Waals surface area contributed by atoms with E-state index >= 15 is 0 Å². The molecule has 0 spiro atoms. The number of Topliss-reactive ketones (excluding diaryl/α,β-unsaturated/α-hetero) is 1. The molecule has 18 heavy (non-hydrogen) atoms. The molecule has 1 heterocycles. The van der Waals surface area contributed by atoms with E-state index in [9.17, 15) is 14.9 Å². The summed E-state index contributed by atoms with van der Waals surface area (Å²) in [6.45, 7) is 1.68. The molecule has 6 heteroatoms. The molecule has 6 nitrogen and oxygen atoms in total. The van der Waals surface area contributed by atoms with Crippen molar-refractivity contribution in [3.8, 4) is 5.75 Å². The molecule has 96 valence electrons. The van der Waals surface area contributed by atoms with Crippen LogP contribution < -0.4 is 4.74 Å². The number of nitrogens with zero attached hydrogens (tertiary/aromatic N) is 2. The summed E-state index contributed by atoms with van der Waals surface area (Å²) in [7, 11) is 0. The maximum atomic E-state index is 11.3. The summed E-state index contributed by atoms with van der Waals surface area (Å²) in [6.07, 6.45) is 2.15. The molecule has 0 saturated heterocycles. The van der Waals surface area contributed by atoms with Crippen LogP contribution >= 0.6 is 0 Å². The molecular weight excluding hydrogens is 236 g/mol. The van der Waals surface area contributed by atoms with Crippen molar-refractivity contribution in [2.45, 2.75) is 38.7 Å². The zero-order chi connectivity index (χ0) is 13.1. The summed E-state index contributed by atoms with van der Waals surface area (Å²) < 4.78 is 5.55. The fourth-order valence-corrected chi connectivity index (χ4v) is 2.02. The lowest BCUT2D eigenvalue weighted by Gasteiger charge is -2.21. The fourth-order valence-electron chi connectivity index (χ4n) is 2.02. The molecule has 1 atom stereocenters. The molecule has 1 aromatic heterocycles. The van der Waals surface area contributed by atoms with Gasteiger partial charge in [0.25, 0.3) is 0 Å². The molecule has 1 aliphatic rings. The number of nitro groups is 1. The number of rotatable bonds is 3. The molecule has 1 unspecified atom stereocenters. The summed E-state index contributed by atoms with van der Waals surface area (Å²) >= 11 is 0. The third kappa shape index (κ3) is 2.82. The van der Waals surface area contributed by atoms with E-state index in [1.165, 1.54) is 0 Å². The topological polar surface area (TPSA) is 82.3 Å². The van der Waals surface area contributed by atoms with E-state index in [1.807, 2.05) is 0 Å². The van der Waals surface area contributed by atoms with Gasteiger partial charge in [-0.15, -0.1) is 0 Å². The SMILES string of the molecule is Cc1ccc(OC2CCCC(=O)C2)c([N+](=O)[O-])n1. The summed E-state index contributed by atoms with van der Waals surface area (Å²) in [5, 5.41) is 10.9. The Morgan fingerprint density at radius 1 is 1.50 bits per heavy atom. The Kier molecular flexibility index (Phi) is 3.55. The van der Waals surface area contributed by atoms with Crippen molar-refractivity contribution in [1.29, 1.82) is 0 Å². The van der Waals surface area contributed by atoms with Gasteiger partial charge in [-0.1, -0.05) is 0 Å². The van der Waals surface area contributed by atoms with E-state index in [4.69, 9.17) is 4.74 Å². The highest BCUT2D eigenvalue weighted by Gasteiger charge is 2.25. The van der Waals surface area contributed by atoms with Gasteiger partial charge in [0.2, 0.25) is 5.75 Å². The van der Waals surface area contributed by atoms with E-state index in [0.29, 0.717) is 18.5 Å². The van der Waals surface area contributed by atoms with Crippen LogP contribution in [0.4, 0.5) is 5.82 Å². The largest absolute Gasteiger partial charge is 0.482 e. The first-order chi connectivity index (χ1) is 8.56. The van der Waals surface area contributed by atoms with Crippen LogP contribution in [0.3, 0.4) is 0 Å². The van der Waals surface area contributed by atoms with Crippen LogP contribution in [0.15, 0.2) is 12.1 Å². The molecule has 1 aliphatic carbocycles. The van der Waals surface area contributed by atoms with E-state index in [-0.39, 0.29) is 23.5 Å². The minimum atomic E-state index is -0.563. The predicted octanol–water partition coefficient (Wildman–Crippen LogP) is 2.19. The first kappa shape index (κ1) is 12.5. The predicted molar refractivity (Wildman–Crippen MR) is 63.5 cm³/mol. The van der Waals surface area contributed by atoms with Crippen molar-refractivity contribution in [3.05, 3.63) is 27.9 Å². The monoisotopic (exact) mass is 250 g/mol. The van der Waals surface area contributed by atoms with Crippen molar-refractivity contribution in [2.24, 2.45) is 0 Å². The first-order valence-electron chi connectivity index (χ1n) is 5.86. The lowest BCUT2D eigenvalue weighted by atomic mass is 9.96. The van der Waals surface area contributed by atoms with Gasteiger partial charge in [0.1, 0.15) is 17.6 Å². The Balaban J connectivity index is 2.17. The summed E-state index contributed by atoms with van der Waals surface area (Å²) in [6, 6.07) is 3.20. The molecule has 1 saturated carbocycles. The Labute approximate surface area is 104 Å². The molecule has 1 fully saturated rings. The standard InChI is InChI=1S/C12H14N2O4/c1-8-5-6-11(12(13-8)14(16)17)18-10-4-2-3-9(15)7-10/h5-6,10H,2-4,7H2,1H3. The number of carbonyl (C=O) groups excluding carboxylic acids is 1. The molecule has 0 radical (unpaired) electrons. The van der Waals surface area contributed by atoms with E-state index in [1.54, 1.807) is 19.1 Å². The van der Waals surface area contributed by atoms with Crippen LogP contribution in [0.1, 0.15) is 31.4 Å². The number of hydrogen-bond donors (Lipinski definition) is 0. The molecule has 0 amide bonds. The van der Waals surface area contributed by atoms with Crippen LogP contribution in [0.5, 0.6) is 5.75 Å². The van der Waals surface area contributed by atoms with E-state index in [2.05, 4.69) is 4.98 Å². The van der Waals surface area contributed by atoms with Gasteiger partial charge in [-0.3, -0.25) is 4.79 Å². The normalized spacial score (nSPS) is 19.6. The van der Waals surface area contributed by atoms with E-state index < -0.39 is 4.92 Å². The fraction of sp³-hybridized carbons (Fsp3) is 0.500. The van der Waals surface area contributed by atoms with Crippen LogP contribution in [-0.4, -0.2) is 21.8 Å². The summed E-state index contributed by atoms with van der Waals surface area (Å²) in [5.74, 6) is 0.00676. The third-order valence-corrected chi connectivity index (χ3v) is 2.88. The van der Waals surface area contributed by atoms with Gasteiger partial charge in [-0.05, 0) is 34.9 Å². The second kappa shape index (κ2) is 5.12. The maximum absolute atomic E-state index is 11.3. The zero-order valence-corrected chi connectivity index (χ0v) is 10.1. The molecule has 1 aromatic rings. The number of aryl methyl sites for hydroxylation is 1. The molecule has 2 rings (SSSR count).